The molecule has 156 valence electrons. The number of benzene rings is 1. The summed E-state index contributed by atoms with van der Waals surface area (Å²) in [6, 6.07) is 8.77. The first-order chi connectivity index (χ1) is 13.5. The molecule has 3 amide bonds. The molecule has 1 aromatic carbocycles. The monoisotopic (exact) mass is 417 g/mol. The van der Waals surface area contributed by atoms with Gasteiger partial charge >= 0.3 is 0 Å². The molecule has 0 radical (unpaired) electrons. The second-order valence-corrected chi connectivity index (χ2v) is 8.82. The van der Waals surface area contributed by atoms with Crippen molar-refractivity contribution in [2.45, 2.75) is 27.7 Å². The maximum absolute atomic E-state index is 12.8. The van der Waals surface area contributed by atoms with Gasteiger partial charge in [0, 0.05) is 24.2 Å². The van der Waals surface area contributed by atoms with Crippen LogP contribution in [-0.2, 0) is 9.59 Å². The van der Waals surface area contributed by atoms with Crippen molar-refractivity contribution in [3.63, 3.8) is 0 Å². The van der Waals surface area contributed by atoms with Crippen molar-refractivity contribution in [3.8, 4) is 5.75 Å². The number of amides is 3. The molecule has 0 aliphatic carbocycles. The molecular weight excluding hydrogens is 390 g/mol. The van der Waals surface area contributed by atoms with Crippen LogP contribution in [-0.4, -0.2) is 43.3 Å². The Morgan fingerprint density at radius 2 is 1.83 bits per heavy atom. The molecule has 0 aliphatic rings. The first kappa shape index (κ1) is 22.4. The average Bonchev–Trinajstić information content (AvgIpc) is 3.00. The SMILES string of the molecule is COc1cccc(NC(=O)CN(C)C(=O)c2sc(NC(=O)C(C)(C)C)cc2C)c1. The van der Waals surface area contributed by atoms with E-state index in [4.69, 9.17) is 4.74 Å². The van der Waals surface area contributed by atoms with Crippen molar-refractivity contribution in [1.29, 1.82) is 0 Å². The highest BCUT2D eigenvalue weighted by atomic mass is 32.1. The Labute approximate surface area is 175 Å². The number of anilines is 2. The van der Waals surface area contributed by atoms with E-state index in [2.05, 4.69) is 10.6 Å². The lowest BCUT2D eigenvalue weighted by Crippen LogP contribution is -2.34. The van der Waals surface area contributed by atoms with Crippen molar-refractivity contribution < 1.29 is 19.1 Å². The van der Waals surface area contributed by atoms with E-state index in [1.807, 2.05) is 20.8 Å². The zero-order chi connectivity index (χ0) is 21.8. The second-order valence-electron chi connectivity index (χ2n) is 7.77. The van der Waals surface area contributed by atoms with Crippen LogP contribution >= 0.6 is 11.3 Å². The number of carbonyl (C=O) groups is 3. The van der Waals surface area contributed by atoms with E-state index in [1.54, 1.807) is 51.4 Å². The predicted octanol–water partition coefficient (Wildman–Crippen LogP) is 3.76. The van der Waals surface area contributed by atoms with E-state index in [0.29, 0.717) is 21.3 Å². The number of nitrogens with one attached hydrogen (secondary N) is 2. The summed E-state index contributed by atoms with van der Waals surface area (Å²) in [6.07, 6.45) is 0. The normalized spacial score (nSPS) is 11.0. The lowest BCUT2D eigenvalue weighted by molar-refractivity contribution is -0.123. The van der Waals surface area contributed by atoms with Crippen LogP contribution in [0.5, 0.6) is 5.75 Å². The largest absolute Gasteiger partial charge is 0.497 e. The zero-order valence-electron chi connectivity index (χ0n) is 17.6. The molecular formula is C21H27N3O4S. The minimum Gasteiger partial charge on any atom is -0.497 e. The minimum absolute atomic E-state index is 0.100. The molecule has 2 N–H and O–H groups in total. The average molecular weight is 418 g/mol. The first-order valence-electron chi connectivity index (χ1n) is 9.12. The Kier molecular flexibility index (Phi) is 7.02. The van der Waals surface area contributed by atoms with Gasteiger partial charge < -0.3 is 20.3 Å². The molecule has 7 nitrogen and oxygen atoms in total. The Morgan fingerprint density at radius 1 is 1.14 bits per heavy atom. The molecule has 0 spiro atoms. The number of thiophene rings is 1. The molecule has 1 aromatic heterocycles. The van der Waals surface area contributed by atoms with Crippen LogP contribution in [0.15, 0.2) is 30.3 Å². The zero-order valence-corrected chi connectivity index (χ0v) is 18.4. The summed E-state index contributed by atoms with van der Waals surface area (Å²) in [5.41, 5.74) is 0.816. The third kappa shape index (κ3) is 6.05. The van der Waals surface area contributed by atoms with Gasteiger partial charge in [0.2, 0.25) is 11.8 Å². The molecule has 0 unspecified atom stereocenters. The van der Waals surface area contributed by atoms with E-state index >= 15 is 0 Å². The van der Waals surface area contributed by atoms with Crippen molar-refractivity contribution >= 4 is 39.7 Å². The number of aryl methyl sites for hydroxylation is 1. The van der Waals surface area contributed by atoms with Gasteiger partial charge in [-0.25, -0.2) is 0 Å². The molecule has 0 saturated heterocycles. The van der Waals surface area contributed by atoms with Gasteiger partial charge in [0.15, 0.2) is 0 Å². The van der Waals surface area contributed by atoms with Gasteiger partial charge in [-0.2, -0.15) is 0 Å². The first-order valence-corrected chi connectivity index (χ1v) is 9.94. The predicted molar refractivity (Wildman–Crippen MR) is 116 cm³/mol. The Morgan fingerprint density at radius 3 is 2.45 bits per heavy atom. The van der Waals surface area contributed by atoms with E-state index in [-0.39, 0.29) is 24.3 Å². The lowest BCUT2D eigenvalue weighted by Gasteiger charge is -2.17. The van der Waals surface area contributed by atoms with Crippen molar-refractivity contribution in [1.82, 2.24) is 4.90 Å². The summed E-state index contributed by atoms with van der Waals surface area (Å²) in [5, 5.41) is 6.20. The highest BCUT2D eigenvalue weighted by Gasteiger charge is 2.24. The lowest BCUT2D eigenvalue weighted by atomic mass is 9.96. The van der Waals surface area contributed by atoms with Crippen LogP contribution < -0.4 is 15.4 Å². The fourth-order valence-electron chi connectivity index (χ4n) is 2.42. The van der Waals surface area contributed by atoms with Gasteiger partial charge in [-0.15, -0.1) is 11.3 Å². The fourth-order valence-corrected chi connectivity index (χ4v) is 3.48. The Hall–Kier alpha value is -2.87. The standard InChI is InChI=1S/C21H27N3O4S/c1-13-10-17(23-20(27)21(2,3)4)29-18(13)19(26)24(5)12-16(25)22-14-8-7-9-15(11-14)28-6/h7-11H,12H2,1-6H3,(H,22,25)(H,23,27). The van der Waals surface area contributed by atoms with Gasteiger partial charge in [-0.3, -0.25) is 14.4 Å². The summed E-state index contributed by atoms with van der Waals surface area (Å²) in [6.45, 7) is 7.18. The molecule has 0 saturated carbocycles. The fraction of sp³-hybridized carbons (Fsp3) is 0.381. The number of carbonyl (C=O) groups excluding carboxylic acids is 3. The number of hydrogen-bond acceptors (Lipinski definition) is 5. The number of ether oxygens (including phenoxy) is 1. The van der Waals surface area contributed by atoms with Crippen LogP contribution in [0.25, 0.3) is 0 Å². The highest BCUT2D eigenvalue weighted by molar-refractivity contribution is 7.18. The smallest absolute Gasteiger partial charge is 0.264 e. The molecule has 0 bridgehead atoms. The molecule has 0 fully saturated rings. The van der Waals surface area contributed by atoms with Crippen LogP contribution in [0.3, 0.4) is 0 Å². The number of nitrogens with zero attached hydrogens (tertiary/aromatic N) is 1. The van der Waals surface area contributed by atoms with E-state index < -0.39 is 5.41 Å². The van der Waals surface area contributed by atoms with Gasteiger partial charge in [-0.05, 0) is 30.7 Å². The van der Waals surface area contributed by atoms with Crippen LogP contribution in [0, 0.1) is 12.3 Å². The third-order valence-corrected chi connectivity index (χ3v) is 5.25. The number of hydrogen-bond donors (Lipinski definition) is 2. The maximum Gasteiger partial charge on any atom is 0.264 e. The van der Waals surface area contributed by atoms with Crippen molar-refractivity contribution in [2.75, 3.05) is 31.3 Å². The van der Waals surface area contributed by atoms with Gasteiger partial charge in [0.25, 0.3) is 5.91 Å². The van der Waals surface area contributed by atoms with Crippen LogP contribution in [0.4, 0.5) is 10.7 Å². The van der Waals surface area contributed by atoms with Crippen LogP contribution in [0.2, 0.25) is 0 Å². The molecule has 8 heteroatoms. The van der Waals surface area contributed by atoms with E-state index in [0.717, 1.165) is 5.56 Å². The Balaban J connectivity index is 2.02. The summed E-state index contributed by atoms with van der Waals surface area (Å²) in [7, 11) is 3.12. The number of methoxy groups -OCH3 is 1. The van der Waals surface area contributed by atoms with E-state index in [1.165, 1.54) is 16.2 Å². The molecule has 2 aromatic rings. The van der Waals surface area contributed by atoms with Crippen molar-refractivity contribution in [3.05, 3.63) is 40.8 Å². The summed E-state index contributed by atoms with van der Waals surface area (Å²) >= 11 is 1.20. The summed E-state index contributed by atoms with van der Waals surface area (Å²) in [4.78, 5) is 39.1. The molecule has 2 rings (SSSR count). The highest BCUT2D eigenvalue weighted by Crippen LogP contribution is 2.29. The second kappa shape index (κ2) is 9.09. The topological polar surface area (TPSA) is 87.7 Å². The molecule has 1 heterocycles. The summed E-state index contributed by atoms with van der Waals surface area (Å²) < 4.78 is 5.13. The number of rotatable bonds is 6. The van der Waals surface area contributed by atoms with Gasteiger partial charge in [0.1, 0.15) is 5.75 Å². The maximum atomic E-state index is 12.8. The van der Waals surface area contributed by atoms with Crippen molar-refractivity contribution in [2.24, 2.45) is 5.41 Å². The van der Waals surface area contributed by atoms with Crippen LogP contribution in [0.1, 0.15) is 36.0 Å². The van der Waals surface area contributed by atoms with Gasteiger partial charge in [-0.1, -0.05) is 26.8 Å². The third-order valence-electron chi connectivity index (χ3n) is 4.11. The Bertz CT molecular complexity index is 915. The molecule has 0 atom stereocenters. The summed E-state index contributed by atoms with van der Waals surface area (Å²) in [5.74, 6) is -0.0795. The van der Waals surface area contributed by atoms with Gasteiger partial charge in [0.05, 0.1) is 23.5 Å². The molecule has 29 heavy (non-hydrogen) atoms. The number of likely N-dealkylation sites (N-methyl/N-ethyl adjacent to an activating group) is 1. The molecule has 0 aliphatic heterocycles. The van der Waals surface area contributed by atoms with E-state index in [9.17, 15) is 14.4 Å². The quantitative estimate of drug-likeness (QED) is 0.749. The minimum atomic E-state index is -0.531.